The lowest BCUT2D eigenvalue weighted by atomic mass is 10.1. The van der Waals surface area contributed by atoms with E-state index in [-0.39, 0.29) is 0 Å². The van der Waals surface area contributed by atoms with Gasteiger partial charge >= 0.3 is 0 Å². The van der Waals surface area contributed by atoms with E-state index in [1.807, 2.05) is 18.2 Å². The van der Waals surface area contributed by atoms with Gasteiger partial charge in [0.25, 0.3) is 0 Å². The Balaban J connectivity index is 2.14. The van der Waals surface area contributed by atoms with Crippen molar-refractivity contribution in [1.29, 1.82) is 0 Å². The Morgan fingerprint density at radius 3 is 3.00 bits per heavy atom. The molecule has 2 rings (SSSR count). The van der Waals surface area contributed by atoms with Crippen LogP contribution in [0.2, 0.25) is 0 Å². The SMILES string of the molecule is COCCn1ncc(Br)c1C(O)Cc1ccccn1. The number of ether oxygens (including phenoxy) is 1. The van der Waals surface area contributed by atoms with E-state index in [9.17, 15) is 5.11 Å². The first-order valence-corrected chi connectivity index (χ1v) is 6.79. The predicted molar refractivity (Wildman–Crippen MR) is 74.7 cm³/mol. The fraction of sp³-hybridized carbons (Fsp3) is 0.385. The average molecular weight is 326 g/mol. The molecule has 0 saturated carbocycles. The molecule has 19 heavy (non-hydrogen) atoms. The molecule has 102 valence electrons. The lowest BCUT2D eigenvalue weighted by Crippen LogP contribution is -2.14. The maximum atomic E-state index is 10.4. The average Bonchev–Trinajstić information content (AvgIpc) is 2.78. The third-order valence-corrected chi connectivity index (χ3v) is 3.40. The van der Waals surface area contributed by atoms with Crippen LogP contribution in [0.25, 0.3) is 0 Å². The van der Waals surface area contributed by atoms with E-state index in [4.69, 9.17) is 4.74 Å². The van der Waals surface area contributed by atoms with Crippen LogP contribution in [0.4, 0.5) is 0 Å². The Hall–Kier alpha value is -1.24. The molecule has 0 radical (unpaired) electrons. The molecule has 1 N–H and O–H groups in total. The minimum Gasteiger partial charge on any atom is -0.386 e. The van der Waals surface area contributed by atoms with Gasteiger partial charge in [0.05, 0.1) is 29.5 Å². The van der Waals surface area contributed by atoms with Gasteiger partial charge in [0.2, 0.25) is 0 Å². The molecule has 0 aromatic carbocycles. The highest BCUT2D eigenvalue weighted by atomic mass is 79.9. The number of pyridine rings is 1. The van der Waals surface area contributed by atoms with Crippen LogP contribution in [0.15, 0.2) is 35.1 Å². The second-order valence-electron chi connectivity index (χ2n) is 4.13. The zero-order valence-electron chi connectivity index (χ0n) is 10.7. The van der Waals surface area contributed by atoms with Crippen molar-refractivity contribution in [2.45, 2.75) is 19.1 Å². The van der Waals surface area contributed by atoms with Crippen molar-refractivity contribution >= 4 is 15.9 Å². The summed E-state index contributed by atoms with van der Waals surface area (Å²) < 4.78 is 7.59. The molecule has 6 heteroatoms. The predicted octanol–water partition coefficient (Wildman–Crippen LogP) is 1.96. The summed E-state index contributed by atoms with van der Waals surface area (Å²) in [5.41, 5.74) is 1.60. The number of nitrogens with zero attached hydrogens (tertiary/aromatic N) is 3. The number of hydrogen-bond donors (Lipinski definition) is 1. The van der Waals surface area contributed by atoms with E-state index in [2.05, 4.69) is 26.0 Å². The number of aromatic nitrogens is 3. The van der Waals surface area contributed by atoms with Gasteiger partial charge in [-0.15, -0.1) is 0 Å². The summed E-state index contributed by atoms with van der Waals surface area (Å²) >= 11 is 3.42. The highest BCUT2D eigenvalue weighted by Crippen LogP contribution is 2.25. The van der Waals surface area contributed by atoms with E-state index in [0.29, 0.717) is 19.6 Å². The van der Waals surface area contributed by atoms with Gasteiger partial charge in [-0.1, -0.05) is 6.07 Å². The Labute approximate surface area is 120 Å². The van der Waals surface area contributed by atoms with Crippen molar-refractivity contribution in [2.24, 2.45) is 0 Å². The molecule has 2 aromatic heterocycles. The summed E-state index contributed by atoms with van der Waals surface area (Å²) in [4.78, 5) is 4.22. The van der Waals surface area contributed by atoms with Crippen LogP contribution < -0.4 is 0 Å². The zero-order chi connectivity index (χ0) is 13.7. The third-order valence-electron chi connectivity index (χ3n) is 2.78. The maximum Gasteiger partial charge on any atom is 0.102 e. The molecule has 0 aliphatic carbocycles. The van der Waals surface area contributed by atoms with Gasteiger partial charge in [-0.05, 0) is 28.1 Å². The Bertz CT molecular complexity index is 516. The van der Waals surface area contributed by atoms with Crippen LogP contribution in [0, 0.1) is 0 Å². The van der Waals surface area contributed by atoms with Crippen molar-refractivity contribution in [3.8, 4) is 0 Å². The fourth-order valence-corrected chi connectivity index (χ4v) is 2.43. The molecule has 0 bridgehead atoms. The topological polar surface area (TPSA) is 60.2 Å². The van der Waals surface area contributed by atoms with E-state index in [1.54, 1.807) is 24.2 Å². The van der Waals surface area contributed by atoms with Crippen LogP contribution >= 0.6 is 15.9 Å². The lowest BCUT2D eigenvalue weighted by Gasteiger charge is -2.13. The zero-order valence-corrected chi connectivity index (χ0v) is 12.2. The van der Waals surface area contributed by atoms with Crippen LogP contribution in [-0.2, 0) is 17.7 Å². The van der Waals surface area contributed by atoms with Crippen LogP contribution in [0.1, 0.15) is 17.5 Å². The number of halogens is 1. The Morgan fingerprint density at radius 1 is 1.47 bits per heavy atom. The van der Waals surface area contributed by atoms with Gasteiger partial charge < -0.3 is 9.84 Å². The third kappa shape index (κ3) is 3.62. The Kier molecular flexibility index (Phi) is 5.07. The van der Waals surface area contributed by atoms with E-state index < -0.39 is 6.10 Å². The summed E-state index contributed by atoms with van der Waals surface area (Å²) in [7, 11) is 1.64. The van der Waals surface area contributed by atoms with Crippen molar-refractivity contribution in [1.82, 2.24) is 14.8 Å². The van der Waals surface area contributed by atoms with E-state index >= 15 is 0 Å². The monoisotopic (exact) mass is 325 g/mol. The summed E-state index contributed by atoms with van der Waals surface area (Å²) in [5.74, 6) is 0. The minimum atomic E-state index is -0.649. The van der Waals surface area contributed by atoms with Gasteiger partial charge in [-0.2, -0.15) is 5.10 Å². The summed E-state index contributed by atoms with van der Waals surface area (Å²) in [6.07, 6.45) is 3.22. The second kappa shape index (κ2) is 6.79. The molecular formula is C13H16BrN3O2. The molecule has 2 heterocycles. The highest BCUT2D eigenvalue weighted by Gasteiger charge is 2.18. The number of methoxy groups -OCH3 is 1. The van der Waals surface area contributed by atoms with Crippen molar-refractivity contribution in [3.63, 3.8) is 0 Å². The number of aliphatic hydroxyl groups is 1. The molecule has 1 unspecified atom stereocenters. The Morgan fingerprint density at radius 2 is 2.32 bits per heavy atom. The first kappa shape index (κ1) is 14.2. The molecule has 0 saturated heterocycles. The van der Waals surface area contributed by atoms with Gasteiger partial charge in [0.15, 0.2) is 0 Å². The molecule has 0 aliphatic heterocycles. The summed E-state index contributed by atoms with van der Waals surface area (Å²) in [6, 6.07) is 5.66. The normalized spacial score (nSPS) is 12.6. The maximum absolute atomic E-state index is 10.4. The number of hydrogen-bond acceptors (Lipinski definition) is 4. The largest absolute Gasteiger partial charge is 0.386 e. The molecule has 2 aromatic rings. The van der Waals surface area contributed by atoms with Crippen molar-refractivity contribution in [3.05, 3.63) is 46.5 Å². The van der Waals surface area contributed by atoms with Gasteiger partial charge in [-0.3, -0.25) is 9.67 Å². The van der Waals surface area contributed by atoms with Crippen LogP contribution in [0.3, 0.4) is 0 Å². The van der Waals surface area contributed by atoms with Crippen LogP contribution in [0.5, 0.6) is 0 Å². The molecule has 0 fully saturated rings. The first-order chi connectivity index (χ1) is 9.22. The summed E-state index contributed by atoms with van der Waals surface area (Å²) in [6.45, 7) is 1.16. The highest BCUT2D eigenvalue weighted by molar-refractivity contribution is 9.10. The second-order valence-corrected chi connectivity index (χ2v) is 4.99. The van der Waals surface area contributed by atoms with Gasteiger partial charge in [-0.25, -0.2) is 0 Å². The molecule has 0 aliphatic rings. The smallest absolute Gasteiger partial charge is 0.102 e. The van der Waals surface area contributed by atoms with E-state index in [1.165, 1.54) is 0 Å². The van der Waals surface area contributed by atoms with Crippen molar-refractivity contribution in [2.75, 3.05) is 13.7 Å². The minimum absolute atomic E-state index is 0.456. The van der Waals surface area contributed by atoms with Gasteiger partial charge in [0, 0.05) is 25.4 Å². The molecule has 0 amide bonds. The molecular weight excluding hydrogens is 310 g/mol. The van der Waals surface area contributed by atoms with Crippen molar-refractivity contribution < 1.29 is 9.84 Å². The first-order valence-electron chi connectivity index (χ1n) is 6.00. The number of rotatable bonds is 6. The fourth-order valence-electron chi connectivity index (χ4n) is 1.87. The van der Waals surface area contributed by atoms with E-state index in [0.717, 1.165) is 15.9 Å². The quantitative estimate of drug-likeness (QED) is 0.882. The lowest BCUT2D eigenvalue weighted by molar-refractivity contribution is 0.152. The molecule has 5 nitrogen and oxygen atoms in total. The van der Waals surface area contributed by atoms with Crippen LogP contribution in [-0.4, -0.2) is 33.6 Å². The summed E-state index contributed by atoms with van der Waals surface area (Å²) in [5, 5.41) is 14.6. The molecule has 1 atom stereocenters. The standard InChI is InChI=1S/C13H16BrN3O2/c1-19-7-6-17-13(11(14)9-16-17)12(18)8-10-4-2-3-5-15-10/h2-5,9,12,18H,6-8H2,1H3. The number of aliphatic hydroxyl groups excluding tert-OH is 1. The molecule has 0 spiro atoms. The van der Waals surface area contributed by atoms with Gasteiger partial charge in [0.1, 0.15) is 6.10 Å².